The fraction of sp³-hybridized carbons (Fsp3) is 0.500. The van der Waals surface area contributed by atoms with Crippen molar-refractivity contribution in [2.75, 3.05) is 26.2 Å². The standard InChI is InChI=1S/C16H24N2O3/c1-6-8-13(7-2)11-17-9-10-18(12-14(17)19)15(20)21-16(3,4)5/h6-8H,1-2,9-12H2,3-5H3/b13-8+. The van der Waals surface area contributed by atoms with Gasteiger partial charge in [-0.15, -0.1) is 0 Å². The Kier molecular flexibility index (Phi) is 5.76. The van der Waals surface area contributed by atoms with Gasteiger partial charge in [0.2, 0.25) is 5.91 Å². The van der Waals surface area contributed by atoms with Gasteiger partial charge >= 0.3 is 6.09 Å². The van der Waals surface area contributed by atoms with E-state index in [0.717, 1.165) is 5.57 Å². The zero-order valence-corrected chi connectivity index (χ0v) is 13.1. The highest BCUT2D eigenvalue weighted by molar-refractivity contribution is 5.83. The molecule has 0 unspecified atom stereocenters. The summed E-state index contributed by atoms with van der Waals surface area (Å²) in [6.45, 7) is 14.3. The molecule has 1 heterocycles. The SMILES string of the molecule is C=C/C=C(\C=C)CN1CCN(C(=O)OC(C)(C)C)CC1=O. The lowest BCUT2D eigenvalue weighted by molar-refractivity contribution is -0.135. The maximum atomic E-state index is 12.1. The summed E-state index contributed by atoms with van der Waals surface area (Å²) in [6.07, 6.45) is 4.75. The number of hydrogen-bond donors (Lipinski definition) is 0. The van der Waals surface area contributed by atoms with Crippen molar-refractivity contribution in [2.24, 2.45) is 0 Å². The van der Waals surface area contributed by atoms with Gasteiger partial charge in [0, 0.05) is 19.6 Å². The number of rotatable bonds is 4. The van der Waals surface area contributed by atoms with Crippen LogP contribution in [0.25, 0.3) is 0 Å². The van der Waals surface area contributed by atoms with Crippen LogP contribution in [0.15, 0.2) is 37.0 Å². The summed E-state index contributed by atoms with van der Waals surface area (Å²) in [5, 5.41) is 0. The van der Waals surface area contributed by atoms with Gasteiger partial charge in [0.15, 0.2) is 0 Å². The Morgan fingerprint density at radius 1 is 1.33 bits per heavy atom. The topological polar surface area (TPSA) is 49.9 Å². The van der Waals surface area contributed by atoms with Gasteiger partial charge in [0.25, 0.3) is 0 Å². The van der Waals surface area contributed by atoms with E-state index in [4.69, 9.17) is 4.74 Å². The summed E-state index contributed by atoms with van der Waals surface area (Å²) in [4.78, 5) is 27.2. The third-order valence-corrected chi connectivity index (χ3v) is 2.94. The monoisotopic (exact) mass is 292 g/mol. The van der Waals surface area contributed by atoms with Crippen LogP contribution in [-0.2, 0) is 9.53 Å². The molecule has 0 aromatic carbocycles. The average Bonchev–Trinajstić information content (AvgIpc) is 2.38. The van der Waals surface area contributed by atoms with E-state index in [2.05, 4.69) is 13.2 Å². The first kappa shape index (κ1) is 17.0. The van der Waals surface area contributed by atoms with E-state index in [1.54, 1.807) is 37.8 Å². The smallest absolute Gasteiger partial charge is 0.410 e. The third kappa shape index (κ3) is 5.45. The molecule has 0 saturated carbocycles. The molecule has 0 spiro atoms. The average molecular weight is 292 g/mol. The minimum atomic E-state index is -0.556. The van der Waals surface area contributed by atoms with Crippen LogP contribution in [-0.4, -0.2) is 53.6 Å². The Bertz CT molecular complexity index is 461. The molecule has 1 aliphatic heterocycles. The van der Waals surface area contributed by atoms with Gasteiger partial charge in [-0.1, -0.05) is 31.4 Å². The van der Waals surface area contributed by atoms with Gasteiger partial charge in [-0.2, -0.15) is 0 Å². The van der Waals surface area contributed by atoms with Crippen molar-refractivity contribution in [1.82, 2.24) is 9.80 Å². The Labute approximate surface area is 126 Å². The predicted molar refractivity (Wildman–Crippen MR) is 82.9 cm³/mol. The third-order valence-electron chi connectivity index (χ3n) is 2.94. The molecular weight excluding hydrogens is 268 g/mol. The first-order valence-electron chi connectivity index (χ1n) is 6.96. The van der Waals surface area contributed by atoms with Crippen molar-refractivity contribution in [2.45, 2.75) is 26.4 Å². The largest absolute Gasteiger partial charge is 0.444 e. The van der Waals surface area contributed by atoms with Crippen LogP contribution >= 0.6 is 0 Å². The second-order valence-electron chi connectivity index (χ2n) is 5.90. The highest BCUT2D eigenvalue weighted by atomic mass is 16.6. The van der Waals surface area contributed by atoms with Crippen LogP contribution in [0.1, 0.15) is 20.8 Å². The summed E-state index contributed by atoms with van der Waals surface area (Å²) >= 11 is 0. The highest BCUT2D eigenvalue weighted by Crippen LogP contribution is 2.13. The molecule has 1 rings (SSSR count). The minimum absolute atomic E-state index is 0.0490. The van der Waals surface area contributed by atoms with Crippen LogP contribution < -0.4 is 0 Å². The first-order chi connectivity index (χ1) is 9.76. The van der Waals surface area contributed by atoms with Gasteiger partial charge in [-0.05, 0) is 26.3 Å². The van der Waals surface area contributed by atoms with E-state index in [9.17, 15) is 9.59 Å². The Hall–Kier alpha value is -2.04. The molecule has 0 N–H and O–H groups in total. The summed E-state index contributed by atoms with van der Waals surface area (Å²) < 4.78 is 5.28. The molecule has 0 aromatic heterocycles. The summed E-state index contributed by atoms with van der Waals surface area (Å²) in [5.74, 6) is -0.0936. The molecule has 5 heteroatoms. The molecule has 21 heavy (non-hydrogen) atoms. The van der Waals surface area contributed by atoms with Crippen LogP contribution in [0.2, 0.25) is 0 Å². The number of carbonyl (C=O) groups excluding carboxylic acids is 2. The van der Waals surface area contributed by atoms with Gasteiger partial charge < -0.3 is 9.64 Å². The summed E-state index contributed by atoms with van der Waals surface area (Å²) in [5.41, 5.74) is 0.365. The fourth-order valence-corrected chi connectivity index (χ4v) is 1.92. The van der Waals surface area contributed by atoms with Gasteiger partial charge in [0.05, 0.1) is 0 Å². The summed E-state index contributed by atoms with van der Waals surface area (Å²) in [7, 11) is 0. The van der Waals surface area contributed by atoms with Crippen molar-refractivity contribution in [3.8, 4) is 0 Å². The first-order valence-corrected chi connectivity index (χ1v) is 6.96. The second kappa shape index (κ2) is 7.11. The molecule has 0 radical (unpaired) electrons. The molecule has 0 aromatic rings. The lowest BCUT2D eigenvalue weighted by Gasteiger charge is -2.35. The number of nitrogens with zero attached hydrogens (tertiary/aromatic N) is 2. The lowest BCUT2D eigenvalue weighted by Crippen LogP contribution is -2.53. The quantitative estimate of drug-likeness (QED) is 0.747. The van der Waals surface area contributed by atoms with E-state index in [1.165, 1.54) is 4.90 Å². The molecule has 1 aliphatic rings. The van der Waals surface area contributed by atoms with Crippen molar-refractivity contribution in [3.05, 3.63) is 37.0 Å². The lowest BCUT2D eigenvalue weighted by atomic mass is 10.2. The molecule has 0 aliphatic carbocycles. The number of hydrogen-bond acceptors (Lipinski definition) is 3. The number of ether oxygens (including phenoxy) is 1. The number of carbonyl (C=O) groups is 2. The Morgan fingerprint density at radius 2 is 2.00 bits per heavy atom. The van der Waals surface area contributed by atoms with Crippen LogP contribution in [0.5, 0.6) is 0 Å². The van der Waals surface area contributed by atoms with Crippen molar-refractivity contribution >= 4 is 12.0 Å². The normalized spacial score (nSPS) is 16.7. The number of piperazine rings is 1. The van der Waals surface area contributed by atoms with Crippen molar-refractivity contribution < 1.29 is 14.3 Å². The van der Waals surface area contributed by atoms with Crippen molar-refractivity contribution in [1.29, 1.82) is 0 Å². The Balaban J connectivity index is 2.60. The van der Waals surface area contributed by atoms with Crippen LogP contribution in [0, 0.1) is 0 Å². The number of amides is 2. The second-order valence-corrected chi connectivity index (χ2v) is 5.90. The molecule has 0 bridgehead atoms. The maximum absolute atomic E-state index is 12.1. The molecule has 5 nitrogen and oxygen atoms in total. The van der Waals surface area contributed by atoms with Crippen molar-refractivity contribution in [3.63, 3.8) is 0 Å². The highest BCUT2D eigenvalue weighted by Gasteiger charge is 2.30. The molecule has 2 amide bonds. The van der Waals surface area contributed by atoms with Gasteiger partial charge in [-0.3, -0.25) is 9.69 Å². The summed E-state index contributed by atoms with van der Waals surface area (Å²) in [6, 6.07) is 0. The fourth-order valence-electron chi connectivity index (χ4n) is 1.92. The predicted octanol–water partition coefficient (Wildman–Crippen LogP) is 2.36. The van der Waals surface area contributed by atoms with E-state index in [0.29, 0.717) is 19.6 Å². The molecule has 1 fully saturated rings. The van der Waals surface area contributed by atoms with E-state index in [-0.39, 0.29) is 12.5 Å². The molecular formula is C16H24N2O3. The Morgan fingerprint density at radius 3 is 2.48 bits per heavy atom. The zero-order chi connectivity index (χ0) is 16.0. The molecule has 1 saturated heterocycles. The van der Waals surface area contributed by atoms with E-state index >= 15 is 0 Å². The van der Waals surface area contributed by atoms with Crippen LogP contribution in [0.4, 0.5) is 4.79 Å². The van der Waals surface area contributed by atoms with Gasteiger partial charge in [0.1, 0.15) is 12.1 Å². The van der Waals surface area contributed by atoms with Gasteiger partial charge in [-0.25, -0.2) is 4.79 Å². The van der Waals surface area contributed by atoms with E-state index < -0.39 is 11.7 Å². The minimum Gasteiger partial charge on any atom is -0.444 e. The maximum Gasteiger partial charge on any atom is 0.410 e. The van der Waals surface area contributed by atoms with Crippen LogP contribution in [0.3, 0.4) is 0 Å². The number of allylic oxidation sites excluding steroid dienone is 2. The molecule has 0 atom stereocenters. The van der Waals surface area contributed by atoms with E-state index in [1.807, 2.05) is 6.08 Å². The molecule has 116 valence electrons. The zero-order valence-electron chi connectivity index (χ0n) is 13.1.